The fraction of sp³-hybridized carbons (Fsp3) is 0.214. The van der Waals surface area contributed by atoms with E-state index in [-0.39, 0.29) is 17.3 Å². The van der Waals surface area contributed by atoms with Crippen LogP contribution in [0, 0.1) is 0 Å². The number of alkyl halides is 2. The number of aromatic nitrogens is 1. The maximum Gasteiger partial charge on any atom is 0.387 e. The van der Waals surface area contributed by atoms with Gasteiger partial charge in [-0.2, -0.15) is 8.78 Å². The van der Waals surface area contributed by atoms with Gasteiger partial charge in [0.05, 0.1) is 7.11 Å². The number of nitrogen functional groups attached to an aromatic ring is 1. The minimum Gasteiger partial charge on any atom is -0.493 e. The van der Waals surface area contributed by atoms with E-state index < -0.39 is 12.7 Å². The summed E-state index contributed by atoms with van der Waals surface area (Å²) in [6.07, 6.45) is 0.384. The van der Waals surface area contributed by atoms with Crippen molar-refractivity contribution in [3.8, 4) is 11.5 Å². The summed E-state index contributed by atoms with van der Waals surface area (Å²) >= 11 is 0. The molecule has 0 amide bonds. The van der Waals surface area contributed by atoms with E-state index in [2.05, 4.69) is 9.72 Å². The van der Waals surface area contributed by atoms with E-state index in [0.29, 0.717) is 11.1 Å². The Bertz CT molecular complexity index is 623. The Morgan fingerprint density at radius 3 is 2.62 bits per heavy atom. The van der Waals surface area contributed by atoms with E-state index in [4.69, 9.17) is 10.5 Å². The van der Waals surface area contributed by atoms with Crippen molar-refractivity contribution >= 4 is 5.82 Å². The molecule has 0 aliphatic carbocycles. The van der Waals surface area contributed by atoms with Crippen LogP contribution in [0.2, 0.25) is 0 Å². The van der Waals surface area contributed by atoms with E-state index in [1.807, 2.05) is 0 Å². The standard InChI is InChI=1S/C14H14F2N2O3/c1-20-10-5-4-8(7-11(10)21-14(15)16)12(19)9-3-2-6-18-13(9)17/h2-7,12,14,19H,1H3,(H2,17,18). The Labute approximate surface area is 119 Å². The molecule has 2 rings (SSSR count). The minimum atomic E-state index is -2.99. The maximum absolute atomic E-state index is 12.4. The van der Waals surface area contributed by atoms with Gasteiger partial charge in [-0.1, -0.05) is 12.1 Å². The van der Waals surface area contributed by atoms with Gasteiger partial charge in [-0.3, -0.25) is 0 Å². The fourth-order valence-corrected chi connectivity index (χ4v) is 1.89. The minimum absolute atomic E-state index is 0.144. The van der Waals surface area contributed by atoms with Crippen LogP contribution in [0.4, 0.5) is 14.6 Å². The second kappa shape index (κ2) is 6.36. The molecule has 1 unspecified atom stereocenters. The molecule has 0 saturated heterocycles. The molecule has 0 fully saturated rings. The summed E-state index contributed by atoms with van der Waals surface area (Å²) in [6.45, 7) is -2.99. The predicted octanol–water partition coefficient (Wildman–Crippen LogP) is 2.36. The molecule has 1 atom stereocenters. The van der Waals surface area contributed by atoms with Crippen LogP contribution in [-0.4, -0.2) is 23.8 Å². The van der Waals surface area contributed by atoms with Gasteiger partial charge >= 0.3 is 6.61 Å². The molecule has 112 valence electrons. The molecule has 1 aromatic heterocycles. The monoisotopic (exact) mass is 296 g/mol. The molecule has 5 nitrogen and oxygen atoms in total. The van der Waals surface area contributed by atoms with E-state index in [0.717, 1.165) is 0 Å². The summed E-state index contributed by atoms with van der Waals surface area (Å²) in [4.78, 5) is 3.87. The molecular formula is C14H14F2N2O3. The van der Waals surface area contributed by atoms with E-state index in [9.17, 15) is 13.9 Å². The van der Waals surface area contributed by atoms with Crippen molar-refractivity contribution in [1.29, 1.82) is 0 Å². The molecule has 0 aliphatic heterocycles. The normalized spacial score (nSPS) is 12.2. The topological polar surface area (TPSA) is 77.6 Å². The highest BCUT2D eigenvalue weighted by Crippen LogP contribution is 2.34. The van der Waals surface area contributed by atoms with Crippen LogP contribution in [0.25, 0.3) is 0 Å². The summed E-state index contributed by atoms with van der Waals surface area (Å²) in [5.74, 6) is 0.147. The van der Waals surface area contributed by atoms with Crippen LogP contribution < -0.4 is 15.2 Å². The quantitative estimate of drug-likeness (QED) is 0.885. The van der Waals surface area contributed by atoms with Gasteiger partial charge in [0.1, 0.15) is 11.9 Å². The van der Waals surface area contributed by atoms with Crippen molar-refractivity contribution in [2.45, 2.75) is 12.7 Å². The maximum atomic E-state index is 12.4. The Balaban J connectivity index is 2.38. The van der Waals surface area contributed by atoms with Crippen LogP contribution >= 0.6 is 0 Å². The van der Waals surface area contributed by atoms with Crippen molar-refractivity contribution in [3.63, 3.8) is 0 Å². The lowest BCUT2D eigenvalue weighted by atomic mass is 10.0. The number of rotatable bonds is 5. The molecule has 0 radical (unpaired) electrons. The molecule has 7 heteroatoms. The fourth-order valence-electron chi connectivity index (χ4n) is 1.89. The average Bonchev–Trinajstić information content (AvgIpc) is 2.46. The van der Waals surface area contributed by atoms with Gasteiger partial charge in [-0.25, -0.2) is 4.98 Å². The highest BCUT2D eigenvalue weighted by molar-refractivity contribution is 5.49. The number of nitrogens with two attached hydrogens (primary N) is 1. The number of pyridine rings is 1. The molecule has 1 aromatic carbocycles. The van der Waals surface area contributed by atoms with Gasteiger partial charge < -0.3 is 20.3 Å². The third-order valence-corrected chi connectivity index (χ3v) is 2.89. The van der Waals surface area contributed by atoms with Gasteiger partial charge in [0.25, 0.3) is 0 Å². The second-order valence-corrected chi connectivity index (χ2v) is 4.17. The first-order chi connectivity index (χ1) is 10.0. The SMILES string of the molecule is COc1ccc(C(O)c2cccnc2N)cc1OC(F)F. The van der Waals surface area contributed by atoms with Gasteiger partial charge in [0, 0.05) is 11.8 Å². The second-order valence-electron chi connectivity index (χ2n) is 4.17. The number of halogens is 2. The van der Waals surface area contributed by atoms with Crippen LogP contribution in [-0.2, 0) is 0 Å². The zero-order valence-electron chi connectivity index (χ0n) is 11.2. The number of aliphatic hydroxyl groups is 1. The van der Waals surface area contributed by atoms with Crippen molar-refractivity contribution in [2.75, 3.05) is 12.8 Å². The van der Waals surface area contributed by atoms with Crippen molar-refractivity contribution in [3.05, 3.63) is 47.7 Å². The largest absolute Gasteiger partial charge is 0.493 e. The number of anilines is 1. The lowest BCUT2D eigenvalue weighted by molar-refractivity contribution is -0.0513. The molecular weight excluding hydrogens is 282 g/mol. The van der Waals surface area contributed by atoms with Crippen LogP contribution in [0.15, 0.2) is 36.5 Å². The first-order valence-corrected chi connectivity index (χ1v) is 6.04. The molecule has 2 aromatic rings. The van der Waals surface area contributed by atoms with Crippen LogP contribution in [0.3, 0.4) is 0 Å². The first-order valence-electron chi connectivity index (χ1n) is 6.04. The van der Waals surface area contributed by atoms with E-state index in [1.165, 1.54) is 31.5 Å². The Hall–Kier alpha value is -2.41. The number of hydrogen-bond donors (Lipinski definition) is 2. The number of methoxy groups -OCH3 is 1. The summed E-state index contributed by atoms with van der Waals surface area (Å²) in [6, 6.07) is 7.47. The highest BCUT2D eigenvalue weighted by atomic mass is 19.3. The predicted molar refractivity (Wildman–Crippen MR) is 72.3 cm³/mol. The lowest BCUT2D eigenvalue weighted by Gasteiger charge is -2.16. The Kier molecular flexibility index (Phi) is 4.54. The van der Waals surface area contributed by atoms with Crippen molar-refractivity contribution in [1.82, 2.24) is 4.98 Å². The summed E-state index contributed by atoms with van der Waals surface area (Å²) in [7, 11) is 1.34. The third-order valence-electron chi connectivity index (χ3n) is 2.89. The molecule has 3 N–H and O–H groups in total. The van der Waals surface area contributed by atoms with Gasteiger partial charge in [-0.05, 0) is 23.8 Å². The smallest absolute Gasteiger partial charge is 0.387 e. The van der Waals surface area contributed by atoms with Crippen molar-refractivity contribution in [2.24, 2.45) is 0 Å². The molecule has 0 spiro atoms. The summed E-state index contributed by atoms with van der Waals surface area (Å²) in [5, 5.41) is 10.3. The average molecular weight is 296 g/mol. The highest BCUT2D eigenvalue weighted by Gasteiger charge is 2.18. The Morgan fingerprint density at radius 1 is 1.24 bits per heavy atom. The first kappa shape index (κ1) is 15.0. The number of nitrogens with zero attached hydrogens (tertiary/aromatic N) is 1. The summed E-state index contributed by atoms with van der Waals surface area (Å²) < 4.78 is 34.1. The Morgan fingerprint density at radius 2 is 2.00 bits per heavy atom. The van der Waals surface area contributed by atoms with E-state index >= 15 is 0 Å². The number of ether oxygens (including phenoxy) is 2. The van der Waals surface area contributed by atoms with Gasteiger partial charge in [0.2, 0.25) is 0 Å². The van der Waals surface area contributed by atoms with Gasteiger partial charge in [-0.15, -0.1) is 0 Å². The molecule has 21 heavy (non-hydrogen) atoms. The van der Waals surface area contributed by atoms with Crippen LogP contribution in [0.5, 0.6) is 11.5 Å². The van der Waals surface area contributed by atoms with Crippen LogP contribution in [0.1, 0.15) is 17.2 Å². The number of aliphatic hydroxyl groups excluding tert-OH is 1. The third kappa shape index (κ3) is 3.38. The molecule has 0 aliphatic rings. The molecule has 0 bridgehead atoms. The molecule has 1 heterocycles. The summed E-state index contributed by atoms with van der Waals surface area (Å²) in [5.41, 5.74) is 6.41. The van der Waals surface area contributed by atoms with Crippen molar-refractivity contribution < 1.29 is 23.4 Å². The lowest BCUT2D eigenvalue weighted by Crippen LogP contribution is -2.07. The number of benzene rings is 1. The number of hydrogen-bond acceptors (Lipinski definition) is 5. The zero-order chi connectivity index (χ0) is 15.4. The van der Waals surface area contributed by atoms with E-state index in [1.54, 1.807) is 12.1 Å². The van der Waals surface area contributed by atoms with Gasteiger partial charge in [0.15, 0.2) is 11.5 Å². The zero-order valence-corrected chi connectivity index (χ0v) is 11.2. The molecule has 0 saturated carbocycles.